The molecule has 0 amide bonds. The Balaban J connectivity index is 2.29. The van der Waals surface area contributed by atoms with Crippen LogP contribution < -0.4 is 0 Å². The topological polar surface area (TPSA) is 52.6 Å². The summed E-state index contributed by atoms with van der Waals surface area (Å²) in [6.45, 7) is 19.3. The fourth-order valence-corrected chi connectivity index (χ4v) is 5.01. The van der Waals surface area contributed by atoms with E-state index >= 15 is 0 Å². The Morgan fingerprint density at radius 3 is 1.32 bits per heavy atom. The van der Waals surface area contributed by atoms with Gasteiger partial charge in [-0.1, -0.05) is 81.1 Å². The van der Waals surface area contributed by atoms with E-state index in [1.807, 2.05) is 0 Å². The first-order chi connectivity index (χ1) is 15.9. The predicted octanol–water partition coefficient (Wildman–Crippen LogP) is 8.36. The van der Waals surface area contributed by atoms with Gasteiger partial charge < -0.3 is 9.47 Å². The molecule has 2 unspecified atom stereocenters. The van der Waals surface area contributed by atoms with Gasteiger partial charge in [0.25, 0.3) is 0 Å². The number of carbonyl (C=O) groups is 2. The zero-order valence-electron chi connectivity index (χ0n) is 23.8. The van der Waals surface area contributed by atoms with Crippen molar-refractivity contribution in [2.75, 3.05) is 13.2 Å². The largest absolute Gasteiger partial charge is 0.465 e. The molecule has 0 N–H and O–H groups in total. The summed E-state index contributed by atoms with van der Waals surface area (Å²) in [6, 6.07) is 0. The summed E-state index contributed by atoms with van der Waals surface area (Å²) in [4.78, 5) is 25.1. The SMILES string of the molecule is CCCCC(C)(C)C(C)CCOC(=O)C1CCC(C(=O)OCCC(C)C(C)(C)CCCC)CC1. The highest BCUT2D eigenvalue weighted by molar-refractivity contribution is 5.75. The molecule has 0 aromatic carbocycles. The van der Waals surface area contributed by atoms with Crippen molar-refractivity contribution in [3.05, 3.63) is 0 Å². The highest BCUT2D eigenvalue weighted by atomic mass is 16.5. The number of hydrogen-bond donors (Lipinski definition) is 0. The molecule has 0 heterocycles. The predicted molar refractivity (Wildman–Crippen MR) is 142 cm³/mol. The van der Waals surface area contributed by atoms with E-state index in [0.29, 0.717) is 25.0 Å². The number of carbonyl (C=O) groups excluding carboxylic acids is 2. The van der Waals surface area contributed by atoms with Crippen LogP contribution in [0.3, 0.4) is 0 Å². The van der Waals surface area contributed by atoms with Crippen LogP contribution in [0.2, 0.25) is 0 Å². The maximum absolute atomic E-state index is 12.6. The maximum atomic E-state index is 12.6. The lowest BCUT2D eigenvalue weighted by Crippen LogP contribution is -2.30. The van der Waals surface area contributed by atoms with E-state index in [2.05, 4.69) is 55.4 Å². The number of esters is 2. The van der Waals surface area contributed by atoms with Crippen molar-refractivity contribution in [3.8, 4) is 0 Å². The fourth-order valence-electron chi connectivity index (χ4n) is 5.01. The first-order valence-electron chi connectivity index (χ1n) is 14.3. The summed E-state index contributed by atoms with van der Waals surface area (Å²) < 4.78 is 11.3. The highest BCUT2D eigenvalue weighted by Gasteiger charge is 2.32. The van der Waals surface area contributed by atoms with Gasteiger partial charge in [-0.05, 0) is 74.0 Å². The first kappa shape index (κ1) is 31.0. The van der Waals surface area contributed by atoms with Crippen molar-refractivity contribution in [2.45, 2.75) is 132 Å². The molecule has 2 atom stereocenters. The Bertz CT molecular complexity index is 535. The van der Waals surface area contributed by atoms with E-state index in [9.17, 15) is 9.59 Å². The molecular formula is C30H56O4. The Morgan fingerprint density at radius 2 is 1.03 bits per heavy atom. The molecule has 34 heavy (non-hydrogen) atoms. The number of hydrogen-bond acceptors (Lipinski definition) is 4. The molecule has 1 rings (SSSR count). The molecule has 0 aliphatic heterocycles. The van der Waals surface area contributed by atoms with Gasteiger partial charge in [0, 0.05) is 0 Å². The molecular weight excluding hydrogens is 424 g/mol. The quantitative estimate of drug-likeness (QED) is 0.208. The Morgan fingerprint density at radius 1 is 0.706 bits per heavy atom. The minimum atomic E-state index is -0.0754. The summed E-state index contributed by atoms with van der Waals surface area (Å²) in [6.07, 6.45) is 12.1. The summed E-state index contributed by atoms with van der Waals surface area (Å²) in [7, 11) is 0. The zero-order valence-corrected chi connectivity index (χ0v) is 23.8. The van der Waals surface area contributed by atoms with Crippen molar-refractivity contribution in [1.29, 1.82) is 0 Å². The van der Waals surface area contributed by atoms with Gasteiger partial charge >= 0.3 is 11.9 Å². The highest BCUT2D eigenvalue weighted by Crippen LogP contribution is 2.36. The molecule has 0 aromatic rings. The van der Waals surface area contributed by atoms with Gasteiger partial charge in [-0.2, -0.15) is 0 Å². The van der Waals surface area contributed by atoms with E-state index < -0.39 is 0 Å². The van der Waals surface area contributed by atoms with Crippen molar-refractivity contribution in [1.82, 2.24) is 0 Å². The van der Waals surface area contributed by atoms with Gasteiger partial charge in [0.1, 0.15) is 0 Å². The minimum absolute atomic E-state index is 0.0631. The molecule has 1 fully saturated rings. The average Bonchev–Trinajstić information content (AvgIpc) is 2.81. The van der Waals surface area contributed by atoms with Crippen LogP contribution in [0.25, 0.3) is 0 Å². The molecule has 1 saturated carbocycles. The van der Waals surface area contributed by atoms with Crippen molar-refractivity contribution in [2.24, 2.45) is 34.5 Å². The van der Waals surface area contributed by atoms with Gasteiger partial charge in [-0.25, -0.2) is 0 Å². The molecule has 0 spiro atoms. The molecule has 0 radical (unpaired) electrons. The number of ether oxygens (including phenoxy) is 2. The van der Waals surface area contributed by atoms with Crippen LogP contribution >= 0.6 is 0 Å². The molecule has 1 aliphatic rings. The standard InChI is InChI=1S/C30H56O4/c1-9-11-19-29(5,6)23(3)17-21-33-27(31)25-13-15-26(16-14-25)28(32)34-22-18-24(4)30(7,8)20-12-10-2/h23-26H,9-22H2,1-8H3. The lowest BCUT2D eigenvalue weighted by molar-refractivity contribution is -0.155. The van der Waals surface area contributed by atoms with Crippen LogP contribution in [-0.2, 0) is 19.1 Å². The van der Waals surface area contributed by atoms with E-state index in [0.717, 1.165) is 38.5 Å². The van der Waals surface area contributed by atoms with Crippen LogP contribution in [0, 0.1) is 34.5 Å². The fraction of sp³-hybridized carbons (Fsp3) is 0.933. The summed E-state index contributed by atoms with van der Waals surface area (Å²) >= 11 is 0. The van der Waals surface area contributed by atoms with E-state index in [4.69, 9.17) is 9.47 Å². The average molecular weight is 481 g/mol. The van der Waals surface area contributed by atoms with Crippen LogP contribution in [0.15, 0.2) is 0 Å². The third-order valence-corrected chi connectivity index (χ3v) is 9.00. The van der Waals surface area contributed by atoms with Crippen LogP contribution in [0.1, 0.15) is 132 Å². The van der Waals surface area contributed by atoms with E-state index in [1.165, 1.54) is 38.5 Å². The summed E-state index contributed by atoms with van der Waals surface area (Å²) in [5.74, 6) is 0.773. The van der Waals surface area contributed by atoms with Crippen molar-refractivity contribution in [3.63, 3.8) is 0 Å². The number of rotatable bonds is 16. The summed E-state index contributed by atoms with van der Waals surface area (Å²) in [5.41, 5.74) is 0.563. The monoisotopic (exact) mass is 480 g/mol. The van der Waals surface area contributed by atoms with Gasteiger partial charge in [0.15, 0.2) is 0 Å². The normalized spacial score (nSPS) is 21.1. The van der Waals surface area contributed by atoms with Crippen molar-refractivity contribution >= 4 is 11.9 Å². The first-order valence-corrected chi connectivity index (χ1v) is 14.3. The molecule has 200 valence electrons. The zero-order chi connectivity index (χ0) is 25.8. The number of unbranched alkanes of at least 4 members (excludes halogenated alkanes) is 2. The minimum Gasteiger partial charge on any atom is -0.465 e. The smallest absolute Gasteiger partial charge is 0.308 e. The van der Waals surface area contributed by atoms with Crippen LogP contribution in [0.4, 0.5) is 0 Å². The molecule has 0 saturated heterocycles. The van der Waals surface area contributed by atoms with Gasteiger partial charge in [-0.15, -0.1) is 0 Å². The van der Waals surface area contributed by atoms with Gasteiger partial charge in [0.05, 0.1) is 25.0 Å². The van der Waals surface area contributed by atoms with Gasteiger partial charge in [-0.3, -0.25) is 9.59 Å². The van der Waals surface area contributed by atoms with Crippen LogP contribution in [0.5, 0.6) is 0 Å². The van der Waals surface area contributed by atoms with Gasteiger partial charge in [0.2, 0.25) is 0 Å². The second-order valence-electron chi connectivity index (χ2n) is 12.4. The third kappa shape index (κ3) is 10.7. The maximum Gasteiger partial charge on any atom is 0.308 e. The third-order valence-electron chi connectivity index (χ3n) is 9.00. The van der Waals surface area contributed by atoms with E-state index in [1.54, 1.807) is 0 Å². The lowest BCUT2D eigenvalue weighted by Gasteiger charge is -2.32. The molecule has 1 aliphatic carbocycles. The van der Waals surface area contributed by atoms with Crippen molar-refractivity contribution < 1.29 is 19.1 Å². The molecule has 4 nitrogen and oxygen atoms in total. The second-order valence-corrected chi connectivity index (χ2v) is 12.4. The molecule has 0 bridgehead atoms. The summed E-state index contributed by atoms with van der Waals surface area (Å²) in [5, 5.41) is 0. The Labute approximate surface area is 211 Å². The van der Waals surface area contributed by atoms with Crippen LogP contribution in [-0.4, -0.2) is 25.2 Å². The Hall–Kier alpha value is -1.06. The van der Waals surface area contributed by atoms with E-state index in [-0.39, 0.29) is 34.6 Å². The second kappa shape index (κ2) is 15.1. The molecule has 4 heteroatoms. The lowest BCUT2D eigenvalue weighted by atomic mass is 9.75. The molecule has 0 aromatic heterocycles. The Kier molecular flexibility index (Phi) is 13.8.